The minimum atomic E-state index is 0. The van der Waals surface area contributed by atoms with E-state index >= 15 is 0 Å². The van der Waals surface area contributed by atoms with Crippen LogP contribution in [0.2, 0.25) is 0 Å². The van der Waals surface area contributed by atoms with E-state index in [1.54, 1.807) is 0 Å². The molecule has 0 fully saturated rings. The molecule has 5 rings (SSSR count). The molecule has 23 heavy (non-hydrogen) atoms. The molecule has 1 aromatic heterocycles. The standard InChI is InChI=1S/C20H12NO.Ir/c1-3-7-15-13(5-1)9-10-16-17(15)12-22-19-11-14-6-2-4-8-18(14)21-20(16)19;/h1-9,11H,12H2;/q-1;. The second-order valence-electron chi connectivity index (χ2n) is 5.55. The zero-order chi connectivity index (χ0) is 14.5. The van der Waals surface area contributed by atoms with Gasteiger partial charge in [0.2, 0.25) is 0 Å². The van der Waals surface area contributed by atoms with Gasteiger partial charge in [0.25, 0.3) is 0 Å². The van der Waals surface area contributed by atoms with Gasteiger partial charge in [0.05, 0.1) is 12.1 Å². The molecule has 3 heteroatoms. The number of fused-ring (bicyclic) bond motifs is 6. The molecule has 0 saturated heterocycles. The SMILES string of the molecule is [Ir].[c-]1cc2ccccc2c2c1-c1nc3ccccc3cc1OC2. The molecule has 3 aromatic carbocycles. The molecule has 0 bridgehead atoms. The second-order valence-corrected chi connectivity index (χ2v) is 5.55. The third-order valence-corrected chi connectivity index (χ3v) is 4.26. The third-order valence-electron chi connectivity index (χ3n) is 4.26. The summed E-state index contributed by atoms with van der Waals surface area (Å²) in [5, 5.41) is 3.51. The predicted molar refractivity (Wildman–Crippen MR) is 87.9 cm³/mol. The molecule has 0 aliphatic carbocycles. The molecule has 0 spiro atoms. The summed E-state index contributed by atoms with van der Waals surface area (Å²) in [4.78, 5) is 4.81. The van der Waals surface area contributed by atoms with Gasteiger partial charge in [-0.1, -0.05) is 58.8 Å². The Hall–Kier alpha value is -2.22. The van der Waals surface area contributed by atoms with E-state index in [-0.39, 0.29) is 20.1 Å². The quantitative estimate of drug-likeness (QED) is 0.344. The molecule has 4 aromatic rings. The molecular weight excluding hydrogens is 462 g/mol. The molecule has 0 unspecified atom stereocenters. The van der Waals surface area contributed by atoms with Crippen molar-refractivity contribution in [2.24, 2.45) is 0 Å². The normalized spacial score (nSPS) is 12.2. The Kier molecular flexibility index (Phi) is 3.41. The first-order valence-electron chi connectivity index (χ1n) is 7.35. The minimum absolute atomic E-state index is 0. The van der Waals surface area contributed by atoms with E-state index in [4.69, 9.17) is 9.72 Å². The first-order chi connectivity index (χ1) is 10.9. The van der Waals surface area contributed by atoms with E-state index in [9.17, 15) is 0 Å². The van der Waals surface area contributed by atoms with E-state index in [0.29, 0.717) is 6.61 Å². The van der Waals surface area contributed by atoms with Crippen LogP contribution in [-0.2, 0) is 26.7 Å². The van der Waals surface area contributed by atoms with Crippen molar-refractivity contribution >= 4 is 21.7 Å². The van der Waals surface area contributed by atoms with Crippen molar-refractivity contribution in [1.29, 1.82) is 0 Å². The van der Waals surface area contributed by atoms with Crippen molar-refractivity contribution in [2.75, 3.05) is 0 Å². The van der Waals surface area contributed by atoms with E-state index in [1.807, 2.05) is 30.3 Å². The predicted octanol–water partition coefficient (Wildman–Crippen LogP) is 4.75. The molecule has 1 aliphatic rings. The van der Waals surface area contributed by atoms with Crippen LogP contribution in [0.5, 0.6) is 5.75 Å². The number of ether oxygens (including phenoxy) is 1. The third kappa shape index (κ3) is 2.16. The van der Waals surface area contributed by atoms with Gasteiger partial charge in [0.15, 0.2) is 0 Å². The smallest absolute Gasteiger partial charge is 0.104 e. The summed E-state index contributed by atoms with van der Waals surface area (Å²) in [7, 11) is 0. The van der Waals surface area contributed by atoms with Crippen LogP contribution in [0.25, 0.3) is 32.9 Å². The van der Waals surface area contributed by atoms with Crippen LogP contribution in [0.1, 0.15) is 5.56 Å². The van der Waals surface area contributed by atoms with Gasteiger partial charge in [-0.25, -0.2) is 0 Å². The number of pyridine rings is 1. The second kappa shape index (κ2) is 5.45. The number of nitrogens with zero attached hydrogens (tertiary/aromatic N) is 1. The van der Waals surface area contributed by atoms with Crippen molar-refractivity contribution in [3.63, 3.8) is 0 Å². The van der Waals surface area contributed by atoms with Crippen molar-refractivity contribution in [2.45, 2.75) is 6.61 Å². The van der Waals surface area contributed by atoms with Gasteiger partial charge in [0.1, 0.15) is 5.75 Å². The Morgan fingerprint density at radius 1 is 0.957 bits per heavy atom. The largest absolute Gasteiger partial charge is 0.506 e. The van der Waals surface area contributed by atoms with Crippen molar-refractivity contribution in [3.05, 3.63) is 72.3 Å². The zero-order valence-electron chi connectivity index (χ0n) is 12.2. The molecule has 1 aliphatic heterocycles. The monoisotopic (exact) mass is 475 g/mol. The maximum atomic E-state index is 5.98. The van der Waals surface area contributed by atoms with Crippen LogP contribution in [0.4, 0.5) is 0 Å². The first kappa shape index (κ1) is 14.4. The fourth-order valence-electron chi connectivity index (χ4n) is 3.17. The van der Waals surface area contributed by atoms with Gasteiger partial charge in [0, 0.05) is 31.2 Å². The van der Waals surface area contributed by atoms with Crippen LogP contribution in [0.3, 0.4) is 0 Å². The maximum absolute atomic E-state index is 5.98. The molecular formula is C20H12IrNO-. The number of hydrogen-bond donors (Lipinski definition) is 0. The fourth-order valence-corrected chi connectivity index (χ4v) is 3.17. The van der Waals surface area contributed by atoms with E-state index in [2.05, 4.69) is 36.4 Å². The van der Waals surface area contributed by atoms with Crippen molar-refractivity contribution < 1.29 is 24.8 Å². The molecule has 0 N–H and O–H groups in total. The zero-order valence-corrected chi connectivity index (χ0v) is 14.6. The Labute approximate surface area is 147 Å². The summed E-state index contributed by atoms with van der Waals surface area (Å²) >= 11 is 0. The van der Waals surface area contributed by atoms with Crippen LogP contribution in [0, 0.1) is 6.07 Å². The summed E-state index contributed by atoms with van der Waals surface area (Å²) in [6.45, 7) is 0.570. The van der Waals surface area contributed by atoms with Crippen molar-refractivity contribution in [1.82, 2.24) is 4.98 Å². The molecule has 0 saturated carbocycles. The van der Waals surface area contributed by atoms with Gasteiger partial charge < -0.3 is 4.74 Å². The molecule has 0 atom stereocenters. The van der Waals surface area contributed by atoms with Crippen LogP contribution < -0.4 is 4.74 Å². The minimum Gasteiger partial charge on any atom is -0.506 e. The topological polar surface area (TPSA) is 22.1 Å². The number of aromatic nitrogens is 1. The Bertz CT molecular complexity index is 1040. The number of hydrogen-bond acceptors (Lipinski definition) is 2. The van der Waals surface area contributed by atoms with E-state index in [0.717, 1.165) is 27.9 Å². The van der Waals surface area contributed by atoms with Gasteiger partial charge in [-0.2, -0.15) is 0 Å². The Morgan fingerprint density at radius 2 is 1.74 bits per heavy atom. The van der Waals surface area contributed by atoms with E-state index < -0.39 is 0 Å². The Morgan fingerprint density at radius 3 is 2.65 bits per heavy atom. The fraction of sp³-hybridized carbons (Fsp3) is 0.0500. The summed E-state index contributed by atoms with van der Waals surface area (Å²) in [5.74, 6) is 0.845. The molecule has 113 valence electrons. The number of benzene rings is 3. The van der Waals surface area contributed by atoms with Crippen LogP contribution in [-0.4, -0.2) is 4.98 Å². The van der Waals surface area contributed by atoms with Gasteiger partial charge in [-0.05, 0) is 12.1 Å². The molecule has 2 nitrogen and oxygen atoms in total. The Balaban J connectivity index is 0.00000135. The van der Waals surface area contributed by atoms with Crippen LogP contribution >= 0.6 is 0 Å². The summed E-state index contributed by atoms with van der Waals surface area (Å²) in [6, 6.07) is 24.0. The van der Waals surface area contributed by atoms with Gasteiger partial charge in [-0.3, -0.25) is 4.98 Å². The van der Waals surface area contributed by atoms with Crippen molar-refractivity contribution in [3.8, 4) is 17.0 Å². The number of rotatable bonds is 0. The number of para-hydroxylation sites is 1. The first-order valence-corrected chi connectivity index (χ1v) is 7.35. The van der Waals surface area contributed by atoms with E-state index in [1.165, 1.54) is 16.3 Å². The molecule has 1 radical (unpaired) electrons. The van der Waals surface area contributed by atoms with Gasteiger partial charge >= 0.3 is 0 Å². The van der Waals surface area contributed by atoms with Crippen LogP contribution in [0.15, 0.2) is 60.7 Å². The summed E-state index contributed by atoms with van der Waals surface area (Å²) < 4.78 is 5.98. The average molecular weight is 475 g/mol. The molecule has 0 amide bonds. The average Bonchev–Trinajstić information content (AvgIpc) is 2.59. The maximum Gasteiger partial charge on any atom is 0.104 e. The summed E-state index contributed by atoms with van der Waals surface area (Å²) in [5.41, 5.74) is 4.11. The van der Waals surface area contributed by atoms with Gasteiger partial charge in [-0.15, -0.1) is 17.7 Å². The molecule has 2 heterocycles. The summed E-state index contributed by atoms with van der Waals surface area (Å²) in [6.07, 6.45) is 0.